The third kappa shape index (κ3) is 10.4. The van der Waals surface area contributed by atoms with Crippen LogP contribution >= 0.6 is 0 Å². The van der Waals surface area contributed by atoms with Crippen molar-refractivity contribution in [1.82, 2.24) is 0 Å². The second-order valence-corrected chi connectivity index (χ2v) is 13.5. The van der Waals surface area contributed by atoms with Crippen molar-refractivity contribution < 1.29 is 24.1 Å². The third-order valence-electron chi connectivity index (χ3n) is 8.83. The largest absolute Gasteiger partial charge is 0.508 e. The maximum absolute atomic E-state index is 12.3. The summed E-state index contributed by atoms with van der Waals surface area (Å²) in [4.78, 5) is 12.3. The van der Waals surface area contributed by atoms with Gasteiger partial charge in [-0.15, -0.1) is 0 Å². The minimum Gasteiger partial charge on any atom is -0.508 e. The molecule has 4 aromatic rings. The van der Waals surface area contributed by atoms with Crippen LogP contribution in [0, 0.1) is 24.2 Å². The van der Waals surface area contributed by atoms with E-state index in [-0.39, 0.29) is 35.7 Å². The number of hydrogen-bond donors (Lipinski definition) is 1. The van der Waals surface area contributed by atoms with Crippen molar-refractivity contribution in [1.29, 1.82) is 5.26 Å². The molecule has 6 heteroatoms. The highest BCUT2D eigenvalue weighted by atomic mass is 16.7. The van der Waals surface area contributed by atoms with Crippen molar-refractivity contribution in [2.45, 2.75) is 89.9 Å². The Morgan fingerprint density at radius 1 is 0.755 bits per heavy atom. The van der Waals surface area contributed by atoms with Gasteiger partial charge in [-0.2, -0.15) is 5.26 Å². The molecule has 49 heavy (non-hydrogen) atoms. The number of ether oxygens (including phenoxy) is 3. The number of aromatic hydroxyl groups is 1. The maximum Gasteiger partial charge on any atom is 0.310 e. The molecule has 0 fully saturated rings. The van der Waals surface area contributed by atoms with E-state index in [0.717, 1.165) is 22.4 Å². The molecule has 2 radical (unpaired) electrons. The molecule has 0 aliphatic carbocycles. The number of carbonyl (C=O) groups excluding carboxylic acids is 1. The van der Waals surface area contributed by atoms with Crippen molar-refractivity contribution in [3.05, 3.63) is 144 Å². The zero-order valence-electron chi connectivity index (χ0n) is 29.7. The first kappa shape index (κ1) is 37.2. The average molecular weight is 660 g/mol. The van der Waals surface area contributed by atoms with Crippen LogP contribution in [0.15, 0.2) is 103 Å². The van der Waals surface area contributed by atoms with Crippen LogP contribution in [0.3, 0.4) is 0 Å². The summed E-state index contributed by atoms with van der Waals surface area (Å²) in [5.74, 6) is 0.189. The van der Waals surface area contributed by atoms with E-state index in [4.69, 9.17) is 14.2 Å². The smallest absolute Gasteiger partial charge is 0.310 e. The molecule has 0 amide bonds. The van der Waals surface area contributed by atoms with Crippen molar-refractivity contribution in [2.75, 3.05) is 6.61 Å². The van der Waals surface area contributed by atoms with Gasteiger partial charge in [-0.05, 0) is 117 Å². The van der Waals surface area contributed by atoms with Gasteiger partial charge in [0.25, 0.3) is 0 Å². The summed E-state index contributed by atoms with van der Waals surface area (Å²) >= 11 is 0. The lowest BCUT2D eigenvalue weighted by atomic mass is 9.66. The SMILES string of the molecule is CCOC(C)Oc1ccc(C(C(C)c2ccc(O)cc2)C(c2ccccc2)C(C)c2ccc(C(C#N)[CH][CH]C(=O)OC(C)(C)C)cc2)cc1. The number of nitriles is 1. The monoisotopic (exact) mass is 659 g/mol. The van der Waals surface area contributed by atoms with E-state index in [1.54, 1.807) is 18.6 Å². The quantitative estimate of drug-likeness (QED) is 0.101. The molecule has 0 bridgehead atoms. The first-order valence-corrected chi connectivity index (χ1v) is 17.0. The normalized spacial score (nSPS) is 15.2. The standard InChI is InChI=1S/C43H49NO5/c1-8-47-31(4)48-39-25-20-36(21-26-39)42(30(3)33-18-23-38(45)24-19-33)41(35-12-10-9-11-13-35)29(2)32-14-16-34(17-15-32)37(28-44)22-27-40(46)49-43(5,6)7/h9-27,29-31,37,41-42,45H,8H2,1-7H3. The fourth-order valence-corrected chi connectivity index (χ4v) is 6.46. The summed E-state index contributed by atoms with van der Waals surface area (Å²) in [6.07, 6.45) is 2.58. The molecule has 256 valence electrons. The molecule has 6 atom stereocenters. The Labute approximate surface area is 292 Å². The molecular weight excluding hydrogens is 610 g/mol. The van der Waals surface area contributed by atoms with Crippen LogP contribution in [0.2, 0.25) is 0 Å². The molecule has 0 heterocycles. The van der Waals surface area contributed by atoms with Crippen molar-refractivity contribution in [2.24, 2.45) is 0 Å². The van der Waals surface area contributed by atoms with Gasteiger partial charge in [0.1, 0.15) is 17.1 Å². The molecular formula is C43H49NO5. The first-order chi connectivity index (χ1) is 23.4. The molecule has 0 saturated carbocycles. The highest BCUT2D eigenvalue weighted by Gasteiger charge is 2.35. The van der Waals surface area contributed by atoms with Gasteiger partial charge in [0.2, 0.25) is 0 Å². The van der Waals surface area contributed by atoms with Crippen LogP contribution < -0.4 is 4.74 Å². The minimum atomic E-state index is -0.605. The molecule has 6 unspecified atom stereocenters. The zero-order chi connectivity index (χ0) is 35.6. The van der Waals surface area contributed by atoms with Gasteiger partial charge in [0, 0.05) is 6.61 Å². The first-order valence-electron chi connectivity index (χ1n) is 17.0. The van der Waals surface area contributed by atoms with Gasteiger partial charge in [-0.1, -0.05) is 92.7 Å². The maximum atomic E-state index is 12.3. The lowest BCUT2D eigenvalue weighted by molar-refractivity contribution is -0.150. The Bertz CT molecular complexity index is 1640. The van der Waals surface area contributed by atoms with E-state index < -0.39 is 17.5 Å². The molecule has 6 nitrogen and oxygen atoms in total. The number of nitrogens with zero attached hydrogens (tertiary/aromatic N) is 1. The number of rotatable bonds is 15. The Kier molecular flexibility index (Phi) is 13.0. The van der Waals surface area contributed by atoms with Crippen LogP contribution in [0.4, 0.5) is 0 Å². The molecule has 0 aromatic heterocycles. The summed E-state index contributed by atoms with van der Waals surface area (Å²) < 4.78 is 17.0. The van der Waals surface area contributed by atoms with Gasteiger partial charge in [0.05, 0.1) is 18.4 Å². The third-order valence-corrected chi connectivity index (χ3v) is 8.83. The fourth-order valence-electron chi connectivity index (χ4n) is 6.46. The second-order valence-electron chi connectivity index (χ2n) is 13.5. The fraction of sp³-hybridized carbons (Fsp3) is 0.349. The van der Waals surface area contributed by atoms with Crippen LogP contribution in [-0.4, -0.2) is 29.6 Å². The Balaban J connectivity index is 1.70. The Hall–Kier alpha value is -4.60. The lowest BCUT2D eigenvalue weighted by Gasteiger charge is -2.37. The predicted molar refractivity (Wildman–Crippen MR) is 194 cm³/mol. The van der Waals surface area contributed by atoms with Gasteiger partial charge < -0.3 is 19.3 Å². The highest BCUT2D eigenvalue weighted by molar-refractivity contribution is 5.81. The molecule has 0 spiro atoms. The van der Waals surface area contributed by atoms with E-state index in [2.05, 4.69) is 68.4 Å². The number of hydrogen-bond acceptors (Lipinski definition) is 6. The molecule has 0 saturated heterocycles. The van der Waals surface area contributed by atoms with E-state index >= 15 is 0 Å². The molecule has 0 aliphatic heterocycles. The number of phenols is 1. The van der Waals surface area contributed by atoms with E-state index in [1.807, 2.05) is 77.1 Å². The van der Waals surface area contributed by atoms with Gasteiger partial charge in [-0.25, -0.2) is 0 Å². The van der Waals surface area contributed by atoms with Crippen molar-refractivity contribution in [3.8, 4) is 17.6 Å². The predicted octanol–water partition coefficient (Wildman–Crippen LogP) is 9.99. The number of phenolic OH excluding ortho intramolecular Hbond substituents is 1. The summed E-state index contributed by atoms with van der Waals surface area (Å²) in [7, 11) is 0. The molecule has 4 aromatic carbocycles. The topological polar surface area (TPSA) is 88.8 Å². The van der Waals surface area contributed by atoms with Crippen molar-refractivity contribution in [3.63, 3.8) is 0 Å². The summed E-state index contributed by atoms with van der Waals surface area (Å²) in [5.41, 5.74) is 4.86. The Morgan fingerprint density at radius 3 is 1.76 bits per heavy atom. The van der Waals surface area contributed by atoms with Gasteiger partial charge >= 0.3 is 5.97 Å². The Morgan fingerprint density at radius 2 is 1.24 bits per heavy atom. The average Bonchev–Trinajstić information content (AvgIpc) is 3.07. The highest BCUT2D eigenvalue weighted by Crippen LogP contribution is 2.50. The van der Waals surface area contributed by atoms with Gasteiger partial charge in [0.15, 0.2) is 6.29 Å². The molecule has 4 rings (SSSR count). The summed E-state index contributed by atoms with van der Waals surface area (Å²) in [6, 6.07) is 36.9. The summed E-state index contributed by atoms with van der Waals surface area (Å²) in [6.45, 7) is 14.4. The number of carbonyl (C=O) groups is 1. The lowest BCUT2D eigenvalue weighted by Crippen LogP contribution is -2.24. The molecule has 0 aliphatic rings. The zero-order valence-corrected chi connectivity index (χ0v) is 29.7. The van der Waals surface area contributed by atoms with Crippen LogP contribution in [0.25, 0.3) is 0 Å². The van der Waals surface area contributed by atoms with Crippen LogP contribution in [0.5, 0.6) is 11.5 Å². The second kappa shape index (κ2) is 17.2. The van der Waals surface area contributed by atoms with Crippen molar-refractivity contribution >= 4 is 5.97 Å². The van der Waals surface area contributed by atoms with E-state index in [9.17, 15) is 15.2 Å². The van der Waals surface area contributed by atoms with Crippen LogP contribution in [-0.2, 0) is 14.3 Å². The number of benzene rings is 4. The minimum absolute atomic E-state index is 0.0450. The molecule has 1 N–H and O–H groups in total. The number of esters is 1. The van der Waals surface area contributed by atoms with Crippen LogP contribution in [0.1, 0.15) is 106 Å². The van der Waals surface area contributed by atoms with E-state index in [0.29, 0.717) is 6.61 Å². The van der Waals surface area contributed by atoms with Gasteiger partial charge in [-0.3, -0.25) is 4.79 Å². The van der Waals surface area contributed by atoms with E-state index in [1.165, 1.54) is 17.5 Å². The summed E-state index contributed by atoms with van der Waals surface area (Å²) in [5, 5.41) is 20.0.